The van der Waals surface area contributed by atoms with Crippen LogP contribution in [-0.4, -0.2) is 6.16 Å². The molecule has 0 N–H and O–H groups in total. The van der Waals surface area contributed by atoms with E-state index < -0.39 is 0 Å². The highest BCUT2D eigenvalue weighted by Gasteiger charge is 1.94. The van der Waals surface area contributed by atoms with Crippen molar-refractivity contribution in [3.63, 3.8) is 0 Å². The van der Waals surface area contributed by atoms with Gasteiger partial charge in [0.1, 0.15) is 0 Å². The first-order valence-corrected chi connectivity index (χ1v) is 6.57. The van der Waals surface area contributed by atoms with E-state index in [1.807, 2.05) is 0 Å². The fourth-order valence-electron chi connectivity index (χ4n) is 1.31. The second-order valence-corrected chi connectivity index (χ2v) is 4.86. The van der Waals surface area contributed by atoms with Crippen molar-refractivity contribution in [1.29, 1.82) is 0 Å². The summed E-state index contributed by atoms with van der Waals surface area (Å²) in [4.78, 5) is 0. The zero-order chi connectivity index (χ0) is 10.2. The van der Waals surface area contributed by atoms with Crippen molar-refractivity contribution in [2.75, 3.05) is 6.16 Å². The molecule has 0 aliphatic heterocycles. The van der Waals surface area contributed by atoms with Gasteiger partial charge in [0, 0.05) is 0 Å². The maximum Gasteiger partial charge on any atom is -0.0254 e. The van der Waals surface area contributed by atoms with Crippen LogP contribution in [0.3, 0.4) is 0 Å². The molecule has 1 atom stereocenters. The largest absolute Gasteiger partial charge is 0.0949 e. The molecule has 1 rings (SSSR count). The Labute approximate surface area is 89.2 Å². The summed E-state index contributed by atoms with van der Waals surface area (Å²) in [5.74, 6) is 0. The topological polar surface area (TPSA) is 0 Å². The summed E-state index contributed by atoms with van der Waals surface area (Å²) < 4.78 is 0. The molecular weight excluding hydrogens is 187 g/mol. The molecule has 14 heavy (non-hydrogen) atoms. The van der Waals surface area contributed by atoms with E-state index in [1.54, 1.807) is 5.31 Å². The molecule has 0 spiro atoms. The first-order chi connectivity index (χ1) is 6.86. The molecule has 0 aliphatic rings. The molecule has 1 aromatic carbocycles. The number of hydrogen-bond acceptors (Lipinski definition) is 0. The van der Waals surface area contributed by atoms with Crippen LogP contribution in [0, 0.1) is 0 Å². The Kier molecular flexibility index (Phi) is 5.56. The molecule has 0 saturated carbocycles. The smallest absolute Gasteiger partial charge is 0.0254 e. The van der Waals surface area contributed by atoms with E-state index in [0.717, 1.165) is 8.58 Å². The normalized spacial score (nSPS) is 12.6. The highest BCUT2D eigenvalue weighted by Crippen LogP contribution is 2.28. The van der Waals surface area contributed by atoms with E-state index in [4.69, 9.17) is 0 Å². The van der Waals surface area contributed by atoms with E-state index in [-0.39, 0.29) is 0 Å². The molecule has 0 fully saturated rings. The van der Waals surface area contributed by atoms with Crippen molar-refractivity contribution in [3.8, 4) is 0 Å². The van der Waals surface area contributed by atoms with Gasteiger partial charge in [0.25, 0.3) is 0 Å². The average Bonchev–Trinajstić information content (AvgIpc) is 2.25. The number of benzene rings is 1. The van der Waals surface area contributed by atoms with Crippen LogP contribution in [-0.2, 0) is 0 Å². The lowest BCUT2D eigenvalue weighted by atomic mass is 10.2. The Morgan fingerprint density at radius 3 is 2.50 bits per heavy atom. The quantitative estimate of drug-likeness (QED) is 0.621. The molecule has 1 aromatic rings. The summed E-state index contributed by atoms with van der Waals surface area (Å²) in [7, 11) is 1.01. The Bertz CT molecular complexity index is 275. The molecule has 0 aliphatic carbocycles. The molecule has 0 heterocycles. The first kappa shape index (κ1) is 11.5. The lowest BCUT2D eigenvalue weighted by molar-refractivity contribution is 1.10. The third-order valence-electron chi connectivity index (χ3n) is 2.12. The monoisotopic (exact) mass is 206 g/mol. The molecule has 0 bridgehead atoms. The maximum absolute atomic E-state index is 2.34. The van der Waals surface area contributed by atoms with Gasteiger partial charge in [-0.15, -0.1) is 0 Å². The zero-order valence-electron chi connectivity index (χ0n) is 9.09. The Hall–Kier alpha value is -0.610. The van der Waals surface area contributed by atoms with Crippen molar-refractivity contribution in [1.82, 2.24) is 0 Å². The summed E-state index contributed by atoms with van der Waals surface area (Å²) in [6.07, 6.45) is 6.17. The second-order valence-electron chi connectivity index (χ2n) is 3.36. The predicted octanol–water partition coefficient (Wildman–Crippen LogP) is 4.53. The van der Waals surface area contributed by atoms with Gasteiger partial charge in [0.2, 0.25) is 0 Å². The van der Waals surface area contributed by atoms with Crippen LogP contribution in [0.1, 0.15) is 32.3 Å². The SMILES string of the molecule is CCCPC(=Cc1ccccc1)CC. The molecule has 0 saturated heterocycles. The molecule has 0 amide bonds. The van der Waals surface area contributed by atoms with Crippen LogP contribution >= 0.6 is 8.58 Å². The van der Waals surface area contributed by atoms with Crippen molar-refractivity contribution in [2.45, 2.75) is 26.7 Å². The van der Waals surface area contributed by atoms with Crippen LogP contribution in [0.15, 0.2) is 35.6 Å². The lowest BCUT2D eigenvalue weighted by Gasteiger charge is -2.03. The molecule has 0 radical (unpaired) electrons. The van der Waals surface area contributed by atoms with Crippen LogP contribution < -0.4 is 0 Å². The van der Waals surface area contributed by atoms with Gasteiger partial charge < -0.3 is 0 Å². The van der Waals surface area contributed by atoms with E-state index in [0.29, 0.717) is 0 Å². The van der Waals surface area contributed by atoms with Crippen molar-refractivity contribution < 1.29 is 0 Å². The first-order valence-electron chi connectivity index (χ1n) is 5.36. The molecule has 76 valence electrons. The Morgan fingerprint density at radius 2 is 1.93 bits per heavy atom. The molecular formula is C13H19P. The van der Waals surface area contributed by atoms with E-state index in [1.165, 1.54) is 24.6 Å². The van der Waals surface area contributed by atoms with Crippen LogP contribution in [0.5, 0.6) is 0 Å². The number of rotatable bonds is 5. The average molecular weight is 206 g/mol. The molecule has 1 unspecified atom stereocenters. The Balaban J connectivity index is 2.64. The summed E-state index contributed by atoms with van der Waals surface area (Å²) in [6, 6.07) is 10.6. The van der Waals surface area contributed by atoms with Crippen LogP contribution in [0.25, 0.3) is 6.08 Å². The molecule has 1 heteroatoms. The number of allylic oxidation sites excluding steroid dienone is 1. The lowest BCUT2D eigenvalue weighted by Crippen LogP contribution is -1.77. The van der Waals surface area contributed by atoms with Gasteiger partial charge in [-0.05, 0) is 23.5 Å². The third kappa shape index (κ3) is 4.07. The summed E-state index contributed by atoms with van der Waals surface area (Å²) in [5, 5.41) is 1.60. The molecule has 0 nitrogen and oxygen atoms in total. The zero-order valence-corrected chi connectivity index (χ0v) is 10.1. The van der Waals surface area contributed by atoms with Crippen LogP contribution in [0.2, 0.25) is 0 Å². The summed E-state index contributed by atoms with van der Waals surface area (Å²) >= 11 is 0. The minimum absolute atomic E-state index is 1.01. The summed E-state index contributed by atoms with van der Waals surface area (Å²) in [6.45, 7) is 4.50. The van der Waals surface area contributed by atoms with E-state index in [9.17, 15) is 0 Å². The highest BCUT2D eigenvalue weighted by atomic mass is 31.1. The fourth-order valence-corrected chi connectivity index (χ4v) is 2.40. The van der Waals surface area contributed by atoms with Gasteiger partial charge >= 0.3 is 0 Å². The minimum Gasteiger partial charge on any atom is -0.0949 e. The van der Waals surface area contributed by atoms with Gasteiger partial charge in [0.15, 0.2) is 0 Å². The summed E-state index contributed by atoms with van der Waals surface area (Å²) in [5.41, 5.74) is 1.34. The number of hydrogen-bond donors (Lipinski definition) is 0. The van der Waals surface area contributed by atoms with Crippen LogP contribution in [0.4, 0.5) is 0 Å². The predicted molar refractivity (Wildman–Crippen MR) is 68.2 cm³/mol. The van der Waals surface area contributed by atoms with Gasteiger partial charge in [-0.3, -0.25) is 0 Å². The maximum atomic E-state index is 2.34. The van der Waals surface area contributed by atoms with Gasteiger partial charge in [-0.2, -0.15) is 0 Å². The Morgan fingerprint density at radius 1 is 1.21 bits per heavy atom. The molecule has 0 aromatic heterocycles. The van der Waals surface area contributed by atoms with Crippen molar-refractivity contribution >= 4 is 14.7 Å². The minimum atomic E-state index is 1.01. The fraction of sp³-hybridized carbons (Fsp3) is 0.385. The second kappa shape index (κ2) is 6.79. The van der Waals surface area contributed by atoms with E-state index >= 15 is 0 Å². The standard InChI is InChI=1S/C13H19P/c1-3-10-14-13(4-2)11-12-8-6-5-7-9-12/h5-9,11,14H,3-4,10H2,1-2H3. The van der Waals surface area contributed by atoms with Crippen molar-refractivity contribution in [2.24, 2.45) is 0 Å². The van der Waals surface area contributed by atoms with Crippen molar-refractivity contribution in [3.05, 3.63) is 41.2 Å². The van der Waals surface area contributed by atoms with Gasteiger partial charge in [-0.25, -0.2) is 0 Å². The van der Waals surface area contributed by atoms with Gasteiger partial charge in [0.05, 0.1) is 0 Å². The third-order valence-corrected chi connectivity index (χ3v) is 3.83. The van der Waals surface area contributed by atoms with Gasteiger partial charge in [-0.1, -0.05) is 65.3 Å². The highest BCUT2D eigenvalue weighted by molar-refractivity contribution is 7.43. The van der Waals surface area contributed by atoms with E-state index in [2.05, 4.69) is 50.3 Å².